The molecule has 0 amide bonds. The summed E-state index contributed by atoms with van der Waals surface area (Å²) in [7, 11) is 0. The maximum absolute atomic E-state index is 11.7. The van der Waals surface area contributed by atoms with Crippen LogP contribution in [0.3, 0.4) is 0 Å². The van der Waals surface area contributed by atoms with Crippen molar-refractivity contribution in [3.8, 4) is 5.75 Å². The second-order valence-corrected chi connectivity index (χ2v) is 3.43. The number of carbonyl (C=O) groups is 1. The Morgan fingerprint density at radius 3 is 2.56 bits per heavy atom. The largest absolute Gasteiger partial charge is 0.522 e. The Morgan fingerprint density at radius 1 is 1.33 bits per heavy atom. The lowest BCUT2D eigenvalue weighted by Gasteiger charge is -2.11. The van der Waals surface area contributed by atoms with Gasteiger partial charge in [-0.05, 0) is 24.6 Å². The first-order chi connectivity index (χ1) is 8.29. The summed E-state index contributed by atoms with van der Waals surface area (Å²) >= 11 is 0. The van der Waals surface area contributed by atoms with Gasteiger partial charge in [0, 0.05) is 0 Å². The molecule has 1 rings (SSSR count). The highest BCUT2D eigenvalue weighted by Crippen LogP contribution is 2.20. The fourth-order valence-corrected chi connectivity index (χ4v) is 1.20. The Labute approximate surface area is 101 Å². The van der Waals surface area contributed by atoms with Crippen LogP contribution in [0.15, 0.2) is 18.2 Å². The van der Waals surface area contributed by atoms with Gasteiger partial charge in [-0.15, -0.1) is 13.2 Å². The molecule has 4 nitrogen and oxygen atoms in total. The summed E-state index contributed by atoms with van der Waals surface area (Å²) in [5, 5.41) is 8.75. The van der Waals surface area contributed by atoms with E-state index in [1.807, 2.05) is 0 Å². The van der Waals surface area contributed by atoms with Gasteiger partial charge in [0.2, 0.25) is 0 Å². The maximum atomic E-state index is 11.7. The molecule has 0 atom stereocenters. The number of aryl methyl sites for hydroxylation is 1. The van der Waals surface area contributed by atoms with Crippen LogP contribution in [0, 0.1) is 6.92 Å². The van der Waals surface area contributed by atoms with Gasteiger partial charge in [0.1, 0.15) is 12.4 Å². The van der Waals surface area contributed by atoms with Gasteiger partial charge in [-0.25, -0.2) is 4.79 Å². The Bertz CT molecular complexity index is 429. The van der Waals surface area contributed by atoms with E-state index in [1.54, 1.807) is 6.92 Å². The first-order valence-corrected chi connectivity index (χ1v) is 4.97. The normalized spacial score (nSPS) is 11.3. The number of aromatic carboxylic acids is 1. The Morgan fingerprint density at radius 2 is 2.00 bits per heavy atom. The van der Waals surface area contributed by atoms with E-state index in [-0.39, 0.29) is 17.9 Å². The SMILES string of the molecule is Cc1ccc(C(=O)O)cc1OCCOC(F)(F)F. The van der Waals surface area contributed by atoms with Crippen LogP contribution in [-0.4, -0.2) is 30.7 Å². The number of rotatable bonds is 5. The van der Waals surface area contributed by atoms with Crippen molar-refractivity contribution in [3.05, 3.63) is 29.3 Å². The molecule has 0 aromatic heterocycles. The molecule has 0 heterocycles. The van der Waals surface area contributed by atoms with Crippen LogP contribution in [-0.2, 0) is 4.74 Å². The lowest BCUT2D eigenvalue weighted by Crippen LogP contribution is -2.18. The minimum absolute atomic E-state index is 0.00680. The minimum Gasteiger partial charge on any atom is -0.491 e. The van der Waals surface area contributed by atoms with Gasteiger partial charge >= 0.3 is 12.3 Å². The zero-order chi connectivity index (χ0) is 13.8. The second-order valence-electron chi connectivity index (χ2n) is 3.43. The molecular formula is C11H11F3O4. The van der Waals surface area contributed by atoms with Gasteiger partial charge < -0.3 is 9.84 Å². The van der Waals surface area contributed by atoms with Crippen LogP contribution >= 0.6 is 0 Å². The third kappa shape index (κ3) is 4.62. The molecule has 0 unspecified atom stereocenters. The number of carboxylic acids is 1. The molecular weight excluding hydrogens is 253 g/mol. The molecule has 1 N–H and O–H groups in total. The van der Waals surface area contributed by atoms with E-state index >= 15 is 0 Å². The number of carboxylic acid groups (broad SMARTS) is 1. The summed E-state index contributed by atoms with van der Waals surface area (Å²) in [6.45, 7) is 0.690. The van der Waals surface area contributed by atoms with Gasteiger partial charge in [-0.3, -0.25) is 4.74 Å². The fraction of sp³-hybridized carbons (Fsp3) is 0.364. The van der Waals surface area contributed by atoms with E-state index < -0.39 is 18.9 Å². The van der Waals surface area contributed by atoms with Crippen LogP contribution in [0.2, 0.25) is 0 Å². The molecule has 0 spiro atoms. The van der Waals surface area contributed by atoms with E-state index in [1.165, 1.54) is 18.2 Å². The zero-order valence-corrected chi connectivity index (χ0v) is 9.45. The van der Waals surface area contributed by atoms with Gasteiger partial charge in [0.25, 0.3) is 0 Å². The first kappa shape index (κ1) is 14.3. The highest BCUT2D eigenvalue weighted by molar-refractivity contribution is 5.88. The van der Waals surface area contributed by atoms with E-state index in [9.17, 15) is 18.0 Å². The lowest BCUT2D eigenvalue weighted by molar-refractivity contribution is -0.325. The van der Waals surface area contributed by atoms with Crippen LogP contribution < -0.4 is 4.74 Å². The highest BCUT2D eigenvalue weighted by atomic mass is 19.4. The highest BCUT2D eigenvalue weighted by Gasteiger charge is 2.28. The van der Waals surface area contributed by atoms with Crippen LogP contribution in [0.25, 0.3) is 0 Å². The van der Waals surface area contributed by atoms with Gasteiger partial charge in [-0.2, -0.15) is 0 Å². The molecule has 0 fully saturated rings. The van der Waals surface area contributed by atoms with Crippen molar-refractivity contribution in [1.82, 2.24) is 0 Å². The number of hydrogen-bond donors (Lipinski definition) is 1. The Hall–Kier alpha value is -1.76. The summed E-state index contributed by atoms with van der Waals surface area (Å²) < 4.78 is 43.6. The number of hydrogen-bond acceptors (Lipinski definition) is 3. The third-order valence-corrected chi connectivity index (χ3v) is 2.04. The third-order valence-electron chi connectivity index (χ3n) is 2.04. The number of ether oxygens (including phenoxy) is 2. The van der Waals surface area contributed by atoms with Crippen molar-refractivity contribution in [2.75, 3.05) is 13.2 Å². The first-order valence-electron chi connectivity index (χ1n) is 4.97. The predicted molar refractivity (Wildman–Crippen MR) is 55.6 cm³/mol. The van der Waals surface area contributed by atoms with E-state index in [2.05, 4.69) is 4.74 Å². The predicted octanol–water partition coefficient (Wildman–Crippen LogP) is 2.61. The van der Waals surface area contributed by atoms with Gasteiger partial charge in [-0.1, -0.05) is 6.07 Å². The summed E-state index contributed by atoms with van der Waals surface area (Å²) in [6.07, 6.45) is -4.69. The molecule has 1 aromatic carbocycles. The van der Waals surface area contributed by atoms with Gasteiger partial charge in [0.15, 0.2) is 0 Å². The summed E-state index contributed by atoms with van der Waals surface area (Å²) in [5.74, 6) is -0.910. The van der Waals surface area contributed by atoms with Crippen molar-refractivity contribution in [3.63, 3.8) is 0 Å². The molecule has 0 bridgehead atoms. The van der Waals surface area contributed by atoms with E-state index in [0.29, 0.717) is 5.56 Å². The maximum Gasteiger partial charge on any atom is 0.522 e. The average Bonchev–Trinajstić information content (AvgIpc) is 2.24. The van der Waals surface area contributed by atoms with Crippen molar-refractivity contribution >= 4 is 5.97 Å². The summed E-state index contributed by atoms with van der Waals surface area (Å²) in [6, 6.07) is 4.16. The lowest BCUT2D eigenvalue weighted by atomic mass is 10.1. The van der Waals surface area contributed by atoms with Crippen molar-refractivity contribution in [2.45, 2.75) is 13.3 Å². The standard InChI is InChI=1S/C11H11F3O4/c1-7-2-3-8(10(15)16)6-9(7)17-4-5-18-11(12,13)14/h2-3,6H,4-5H2,1H3,(H,15,16). The summed E-state index contributed by atoms with van der Waals surface area (Å²) in [5.41, 5.74) is 0.638. The molecule has 0 aliphatic carbocycles. The van der Waals surface area contributed by atoms with Crippen molar-refractivity contribution < 1.29 is 32.5 Å². The molecule has 18 heavy (non-hydrogen) atoms. The number of halogens is 3. The van der Waals surface area contributed by atoms with E-state index in [0.717, 1.165) is 0 Å². The molecule has 0 radical (unpaired) electrons. The minimum atomic E-state index is -4.69. The van der Waals surface area contributed by atoms with Crippen LogP contribution in [0.4, 0.5) is 13.2 Å². The second kappa shape index (κ2) is 5.72. The molecule has 0 aliphatic heterocycles. The molecule has 7 heteroatoms. The number of benzene rings is 1. The van der Waals surface area contributed by atoms with E-state index in [4.69, 9.17) is 9.84 Å². The van der Waals surface area contributed by atoms with Gasteiger partial charge in [0.05, 0.1) is 12.2 Å². The molecule has 1 aromatic rings. The van der Waals surface area contributed by atoms with Crippen molar-refractivity contribution in [1.29, 1.82) is 0 Å². The fourth-order valence-electron chi connectivity index (χ4n) is 1.20. The zero-order valence-electron chi connectivity index (χ0n) is 9.45. The Balaban J connectivity index is 2.56. The number of alkyl halides is 3. The smallest absolute Gasteiger partial charge is 0.491 e. The topological polar surface area (TPSA) is 55.8 Å². The van der Waals surface area contributed by atoms with Crippen LogP contribution in [0.1, 0.15) is 15.9 Å². The Kier molecular flexibility index (Phi) is 4.55. The average molecular weight is 264 g/mol. The molecule has 0 aliphatic rings. The molecule has 100 valence electrons. The molecule has 0 saturated heterocycles. The van der Waals surface area contributed by atoms with Crippen molar-refractivity contribution in [2.24, 2.45) is 0 Å². The summed E-state index contributed by atoms with van der Waals surface area (Å²) in [4.78, 5) is 10.7. The van der Waals surface area contributed by atoms with Crippen LogP contribution in [0.5, 0.6) is 5.75 Å². The monoisotopic (exact) mass is 264 g/mol. The molecule has 0 saturated carbocycles. The quantitative estimate of drug-likeness (QED) is 0.830.